The summed E-state index contributed by atoms with van der Waals surface area (Å²) >= 11 is 0. The molecule has 0 spiro atoms. The van der Waals surface area contributed by atoms with Gasteiger partial charge in [0.1, 0.15) is 12.4 Å². The quantitative estimate of drug-likeness (QED) is 0.482. The van der Waals surface area contributed by atoms with Gasteiger partial charge in [0, 0.05) is 19.6 Å². The molecule has 0 saturated carbocycles. The van der Waals surface area contributed by atoms with Crippen LogP contribution in [0.4, 0.5) is 0 Å². The molecule has 1 aromatic rings. The number of rotatable bonds is 10. The number of benzene rings is 1. The van der Waals surface area contributed by atoms with E-state index < -0.39 is 11.9 Å². The van der Waals surface area contributed by atoms with E-state index in [0.717, 1.165) is 31.8 Å². The van der Waals surface area contributed by atoms with E-state index in [2.05, 4.69) is 50.6 Å². The van der Waals surface area contributed by atoms with Gasteiger partial charge in [-0.25, -0.2) is 9.59 Å². The van der Waals surface area contributed by atoms with Crippen molar-refractivity contribution in [2.24, 2.45) is 0 Å². The van der Waals surface area contributed by atoms with Crippen molar-refractivity contribution in [2.45, 2.75) is 20.3 Å². The predicted octanol–water partition coefficient (Wildman–Crippen LogP) is 3.24. The topological polar surface area (TPSA) is 87.1 Å². The minimum atomic E-state index is -1.82. The zero-order valence-electron chi connectivity index (χ0n) is 16.1. The molecule has 0 heterocycles. The molecule has 0 aliphatic carbocycles. The molecular formula is C21H29NO5. The molecule has 27 heavy (non-hydrogen) atoms. The first-order chi connectivity index (χ1) is 12.8. The molecule has 0 unspecified atom stereocenters. The third-order valence-corrected chi connectivity index (χ3v) is 3.47. The molecule has 0 fully saturated rings. The second kappa shape index (κ2) is 13.4. The highest BCUT2D eigenvalue weighted by molar-refractivity contribution is 6.27. The van der Waals surface area contributed by atoms with Crippen LogP contribution in [0.15, 0.2) is 50.1 Å². The number of allylic oxidation sites excluding steroid dienone is 1. The van der Waals surface area contributed by atoms with Crippen LogP contribution < -0.4 is 4.74 Å². The largest absolute Gasteiger partial charge is 0.492 e. The van der Waals surface area contributed by atoms with E-state index in [1.54, 1.807) is 0 Å². The first kappa shape index (κ1) is 24.1. The lowest BCUT2D eigenvalue weighted by Crippen LogP contribution is -2.29. The number of hydrogen-bond acceptors (Lipinski definition) is 4. The van der Waals surface area contributed by atoms with Crippen molar-refractivity contribution in [3.05, 3.63) is 66.8 Å². The maximum absolute atomic E-state index is 9.10. The molecule has 0 aliphatic heterocycles. The maximum atomic E-state index is 9.10. The lowest BCUT2D eigenvalue weighted by molar-refractivity contribution is -0.159. The molecule has 148 valence electrons. The second-order valence-corrected chi connectivity index (χ2v) is 5.86. The zero-order chi connectivity index (χ0) is 20.8. The Balaban J connectivity index is 0.000000972. The highest BCUT2D eigenvalue weighted by Crippen LogP contribution is 2.26. The van der Waals surface area contributed by atoms with Gasteiger partial charge in [0.2, 0.25) is 0 Å². The minimum absolute atomic E-state index is 0.662. The monoisotopic (exact) mass is 375 g/mol. The lowest BCUT2D eigenvalue weighted by atomic mass is 10.0. The molecule has 0 radical (unpaired) electrons. The molecule has 0 aliphatic rings. The number of nitrogens with zero attached hydrogens (tertiary/aromatic N) is 1. The predicted molar refractivity (Wildman–Crippen MR) is 107 cm³/mol. The van der Waals surface area contributed by atoms with Crippen molar-refractivity contribution in [3.8, 4) is 5.75 Å². The first-order valence-corrected chi connectivity index (χ1v) is 8.50. The van der Waals surface area contributed by atoms with Crippen LogP contribution in [0.3, 0.4) is 0 Å². The molecule has 0 bridgehead atoms. The van der Waals surface area contributed by atoms with Gasteiger partial charge in [0.25, 0.3) is 0 Å². The van der Waals surface area contributed by atoms with Gasteiger partial charge >= 0.3 is 11.9 Å². The van der Waals surface area contributed by atoms with Gasteiger partial charge in [-0.05, 0) is 31.4 Å². The van der Waals surface area contributed by atoms with Gasteiger partial charge in [-0.2, -0.15) is 0 Å². The van der Waals surface area contributed by atoms with Crippen LogP contribution >= 0.6 is 0 Å². The van der Waals surface area contributed by atoms with Crippen LogP contribution in [0.1, 0.15) is 16.7 Å². The van der Waals surface area contributed by atoms with E-state index in [-0.39, 0.29) is 0 Å². The Labute approximate surface area is 161 Å². The van der Waals surface area contributed by atoms with E-state index in [1.165, 1.54) is 16.7 Å². The number of aliphatic carboxylic acids is 2. The van der Waals surface area contributed by atoms with Crippen LogP contribution in [0.2, 0.25) is 0 Å². The highest BCUT2D eigenvalue weighted by atomic mass is 16.5. The number of hydrogen-bond donors (Lipinski definition) is 2. The summed E-state index contributed by atoms with van der Waals surface area (Å²) in [4.78, 5) is 20.4. The molecule has 6 nitrogen and oxygen atoms in total. The SMILES string of the molecule is C=CCc1cc(C)cc(C)c1OCCN(CC=C)CC=C.O=C(O)C(=O)O. The molecule has 1 rings (SSSR count). The summed E-state index contributed by atoms with van der Waals surface area (Å²) in [6, 6.07) is 4.34. The number of aryl methyl sites for hydroxylation is 2. The zero-order valence-corrected chi connectivity index (χ0v) is 16.1. The van der Waals surface area contributed by atoms with Gasteiger partial charge in [-0.1, -0.05) is 35.9 Å². The summed E-state index contributed by atoms with van der Waals surface area (Å²) in [5.74, 6) is -2.65. The van der Waals surface area contributed by atoms with E-state index in [1.807, 2.05) is 18.2 Å². The summed E-state index contributed by atoms with van der Waals surface area (Å²) in [5, 5.41) is 14.8. The Morgan fingerprint density at radius 2 is 1.59 bits per heavy atom. The van der Waals surface area contributed by atoms with E-state index in [9.17, 15) is 0 Å². The van der Waals surface area contributed by atoms with Gasteiger partial charge in [-0.3, -0.25) is 4.90 Å². The van der Waals surface area contributed by atoms with Gasteiger partial charge in [0.05, 0.1) is 0 Å². The lowest BCUT2D eigenvalue weighted by Gasteiger charge is -2.20. The number of carbonyl (C=O) groups is 2. The fourth-order valence-electron chi connectivity index (χ4n) is 2.46. The standard InChI is InChI=1S/C19H27NO.C2H2O4/c1-6-9-18-15-16(4)14-17(5)19(18)21-13-12-20(10-7-2)11-8-3;3-1(4)2(5)6/h6-8,14-15H,1-3,9-13H2,4-5H3;(H,3,4)(H,5,6). The van der Waals surface area contributed by atoms with Crippen molar-refractivity contribution in [3.63, 3.8) is 0 Å². The van der Waals surface area contributed by atoms with Crippen LogP contribution in [0.25, 0.3) is 0 Å². The summed E-state index contributed by atoms with van der Waals surface area (Å²) in [5.41, 5.74) is 3.66. The van der Waals surface area contributed by atoms with Crippen molar-refractivity contribution in [1.82, 2.24) is 4.90 Å². The fraction of sp³-hybridized carbons (Fsp3) is 0.333. The molecule has 0 aromatic heterocycles. The number of ether oxygens (including phenoxy) is 1. The van der Waals surface area contributed by atoms with Crippen molar-refractivity contribution in [1.29, 1.82) is 0 Å². The normalized spacial score (nSPS) is 9.74. The van der Waals surface area contributed by atoms with E-state index >= 15 is 0 Å². The Kier molecular flexibility index (Phi) is 11.9. The molecular weight excluding hydrogens is 346 g/mol. The Morgan fingerprint density at radius 1 is 1.04 bits per heavy atom. The van der Waals surface area contributed by atoms with Gasteiger partial charge in [-0.15, -0.1) is 19.7 Å². The third kappa shape index (κ3) is 10.0. The van der Waals surface area contributed by atoms with E-state index in [0.29, 0.717) is 6.61 Å². The highest BCUT2D eigenvalue weighted by Gasteiger charge is 2.09. The smallest absolute Gasteiger partial charge is 0.414 e. The molecule has 1 aromatic carbocycles. The summed E-state index contributed by atoms with van der Waals surface area (Å²) in [6.07, 6.45) is 6.57. The summed E-state index contributed by atoms with van der Waals surface area (Å²) in [7, 11) is 0. The minimum Gasteiger partial charge on any atom is -0.492 e. The average Bonchev–Trinajstić information content (AvgIpc) is 2.58. The molecule has 0 saturated heterocycles. The van der Waals surface area contributed by atoms with Crippen LogP contribution in [-0.4, -0.2) is 53.3 Å². The van der Waals surface area contributed by atoms with Crippen molar-refractivity contribution >= 4 is 11.9 Å². The first-order valence-electron chi connectivity index (χ1n) is 8.50. The Bertz CT molecular complexity index is 645. The maximum Gasteiger partial charge on any atom is 0.414 e. The Morgan fingerprint density at radius 3 is 2.04 bits per heavy atom. The third-order valence-electron chi connectivity index (χ3n) is 3.47. The number of carboxylic acid groups (broad SMARTS) is 2. The number of carboxylic acids is 2. The van der Waals surface area contributed by atoms with E-state index in [4.69, 9.17) is 24.5 Å². The second-order valence-electron chi connectivity index (χ2n) is 5.86. The van der Waals surface area contributed by atoms with Gasteiger partial charge < -0.3 is 14.9 Å². The van der Waals surface area contributed by atoms with Crippen LogP contribution in [0, 0.1) is 13.8 Å². The summed E-state index contributed by atoms with van der Waals surface area (Å²) in [6.45, 7) is 18.8. The average molecular weight is 375 g/mol. The molecule has 0 amide bonds. The Hall–Kier alpha value is -2.86. The van der Waals surface area contributed by atoms with Gasteiger partial charge in [0.15, 0.2) is 0 Å². The van der Waals surface area contributed by atoms with Crippen molar-refractivity contribution in [2.75, 3.05) is 26.2 Å². The van der Waals surface area contributed by atoms with Crippen LogP contribution in [0.5, 0.6) is 5.75 Å². The van der Waals surface area contributed by atoms with Crippen molar-refractivity contribution < 1.29 is 24.5 Å². The van der Waals surface area contributed by atoms with Crippen LogP contribution in [-0.2, 0) is 16.0 Å². The molecule has 2 N–H and O–H groups in total. The fourth-order valence-corrected chi connectivity index (χ4v) is 2.46. The molecule has 6 heteroatoms. The summed E-state index contributed by atoms with van der Waals surface area (Å²) < 4.78 is 6.04. The molecule has 0 atom stereocenters.